The first-order chi connectivity index (χ1) is 16.1. The van der Waals surface area contributed by atoms with E-state index in [-0.39, 0.29) is 12.5 Å². The summed E-state index contributed by atoms with van der Waals surface area (Å²) >= 11 is 1.71. The molecule has 2 heterocycles. The summed E-state index contributed by atoms with van der Waals surface area (Å²) in [7, 11) is 1.64. The molecule has 0 saturated heterocycles. The third-order valence-electron chi connectivity index (χ3n) is 5.89. The van der Waals surface area contributed by atoms with Crippen LogP contribution in [-0.4, -0.2) is 29.6 Å². The molecule has 2 aromatic heterocycles. The number of carbonyl (C=O) groups is 1. The highest BCUT2D eigenvalue weighted by molar-refractivity contribution is 7.18. The van der Waals surface area contributed by atoms with Crippen molar-refractivity contribution in [2.75, 3.05) is 19.0 Å². The molecule has 33 heavy (non-hydrogen) atoms. The van der Waals surface area contributed by atoms with Crippen molar-refractivity contribution in [3.8, 4) is 23.0 Å². The van der Waals surface area contributed by atoms with Crippen LogP contribution in [-0.2, 0) is 17.6 Å². The number of nitrogens with zero attached hydrogens (tertiary/aromatic N) is 2. The van der Waals surface area contributed by atoms with E-state index < -0.39 is 0 Å². The fraction of sp³-hybridized carbons (Fsp3) is 0.269. The van der Waals surface area contributed by atoms with Gasteiger partial charge in [-0.1, -0.05) is 18.2 Å². The molecule has 7 heteroatoms. The van der Waals surface area contributed by atoms with E-state index in [1.54, 1.807) is 18.4 Å². The number of anilines is 1. The third kappa shape index (κ3) is 4.41. The van der Waals surface area contributed by atoms with Crippen molar-refractivity contribution < 1.29 is 14.3 Å². The summed E-state index contributed by atoms with van der Waals surface area (Å²) in [4.78, 5) is 24.5. The van der Waals surface area contributed by atoms with E-state index in [2.05, 4.69) is 5.32 Å². The molecule has 0 saturated carbocycles. The Bertz CT molecular complexity index is 1310. The maximum atomic E-state index is 12.6. The van der Waals surface area contributed by atoms with Crippen LogP contribution in [0.2, 0.25) is 0 Å². The summed E-state index contributed by atoms with van der Waals surface area (Å²) in [5.41, 5.74) is 3.94. The first-order valence-electron chi connectivity index (χ1n) is 11.1. The first-order valence-corrected chi connectivity index (χ1v) is 11.9. The predicted molar refractivity (Wildman–Crippen MR) is 131 cm³/mol. The maximum Gasteiger partial charge on any atom is 0.262 e. The number of aromatic nitrogens is 2. The van der Waals surface area contributed by atoms with Crippen LogP contribution in [0.3, 0.4) is 0 Å². The summed E-state index contributed by atoms with van der Waals surface area (Å²) in [6.07, 6.45) is 4.38. The summed E-state index contributed by atoms with van der Waals surface area (Å²) in [6, 6.07) is 15.3. The number of thiophene rings is 1. The number of amides is 1. The minimum absolute atomic E-state index is 0.118. The van der Waals surface area contributed by atoms with E-state index in [4.69, 9.17) is 19.4 Å². The smallest absolute Gasteiger partial charge is 0.262 e. The zero-order valence-electron chi connectivity index (χ0n) is 18.7. The van der Waals surface area contributed by atoms with Crippen molar-refractivity contribution in [2.24, 2.45) is 0 Å². The summed E-state index contributed by atoms with van der Waals surface area (Å²) in [6.45, 7) is 1.84. The van der Waals surface area contributed by atoms with E-state index in [0.29, 0.717) is 11.7 Å². The number of aryl methyl sites for hydroxylation is 3. The van der Waals surface area contributed by atoms with Gasteiger partial charge in [0.2, 0.25) is 5.88 Å². The molecule has 5 rings (SSSR count). The number of ether oxygens (including phenoxy) is 2. The molecule has 0 unspecified atom stereocenters. The molecule has 0 spiro atoms. The van der Waals surface area contributed by atoms with Crippen LogP contribution in [0.15, 0.2) is 48.5 Å². The second-order valence-corrected chi connectivity index (χ2v) is 9.21. The minimum Gasteiger partial charge on any atom is -0.497 e. The van der Waals surface area contributed by atoms with Crippen molar-refractivity contribution >= 4 is 33.1 Å². The van der Waals surface area contributed by atoms with Gasteiger partial charge in [-0.3, -0.25) is 4.79 Å². The number of methoxy groups -OCH3 is 1. The number of hydrogen-bond acceptors (Lipinski definition) is 6. The van der Waals surface area contributed by atoms with Crippen LogP contribution in [0, 0.1) is 6.92 Å². The molecule has 6 nitrogen and oxygen atoms in total. The van der Waals surface area contributed by atoms with E-state index in [1.807, 2.05) is 55.5 Å². The topological polar surface area (TPSA) is 73.3 Å². The third-order valence-corrected chi connectivity index (χ3v) is 7.07. The van der Waals surface area contributed by atoms with E-state index in [9.17, 15) is 4.79 Å². The Labute approximate surface area is 196 Å². The largest absolute Gasteiger partial charge is 0.497 e. The second-order valence-electron chi connectivity index (χ2n) is 8.12. The molecule has 0 bridgehead atoms. The van der Waals surface area contributed by atoms with Crippen molar-refractivity contribution in [1.82, 2.24) is 9.97 Å². The molecule has 1 amide bonds. The Morgan fingerprint density at radius 1 is 1.06 bits per heavy atom. The number of benzene rings is 2. The number of rotatable bonds is 6. The minimum atomic E-state index is -0.217. The van der Waals surface area contributed by atoms with Gasteiger partial charge in [-0.2, -0.15) is 4.98 Å². The average Bonchev–Trinajstić information content (AvgIpc) is 3.23. The quantitative estimate of drug-likeness (QED) is 0.408. The van der Waals surface area contributed by atoms with Gasteiger partial charge in [-0.25, -0.2) is 4.98 Å². The molecule has 0 atom stereocenters. The van der Waals surface area contributed by atoms with Gasteiger partial charge in [-0.05, 0) is 74.1 Å². The van der Waals surface area contributed by atoms with Gasteiger partial charge >= 0.3 is 0 Å². The number of carbonyl (C=O) groups excluding carboxylic acids is 1. The summed E-state index contributed by atoms with van der Waals surface area (Å²) in [5, 5.41) is 3.88. The van der Waals surface area contributed by atoms with Crippen LogP contribution in [0.5, 0.6) is 11.6 Å². The molecule has 1 N–H and O–H groups in total. The Kier molecular flexibility index (Phi) is 5.96. The standard InChI is InChI=1S/C26H25N3O3S/c1-16-7-3-5-9-20(16)27-22(30)15-32-25-23-19-8-4-6-10-21(19)33-26(23)29-24(28-25)17-11-13-18(31-2)14-12-17/h3,5,7,9,11-14H,4,6,8,10,15H2,1-2H3,(H,27,30). The van der Waals surface area contributed by atoms with Crippen molar-refractivity contribution in [3.05, 3.63) is 64.5 Å². The van der Waals surface area contributed by atoms with Crippen molar-refractivity contribution in [2.45, 2.75) is 32.6 Å². The molecule has 0 fully saturated rings. The molecular formula is C26H25N3O3S. The lowest BCUT2D eigenvalue weighted by molar-refractivity contribution is -0.118. The molecule has 1 aliphatic rings. The van der Waals surface area contributed by atoms with Crippen molar-refractivity contribution in [1.29, 1.82) is 0 Å². The molecular weight excluding hydrogens is 434 g/mol. The fourth-order valence-corrected chi connectivity index (χ4v) is 5.38. The molecule has 1 aliphatic carbocycles. The van der Waals surface area contributed by atoms with E-state index in [0.717, 1.165) is 52.0 Å². The molecule has 2 aromatic carbocycles. The fourth-order valence-electron chi connectivity index (χ4n) is 4.13. The lowest BCUT2D eigenvalue weighted by atomic mass is 9.97. The highest BCUT2D eigenvalue weighted by atomic mass is 32.1. The van der Waals surface area contributed by atoms with Gasteiger partial charge in [0.1, 0.15) is 10.6 Å². The molecule has 0 radical (unpaired) electrons. The molecule has 168 valence electrons. The summed E-state index contributed by atoms with van der Waals surface area (Å²) in [5.74, 6) is 1.62. The lowest BCUT2D eigenvalue weighted by Crippen LogP contribution is -2.21. The van der Waals surface area contributed by atoms with Gasteiger partial charge in [-0.15, -0.1) is 11.3 Å². The normalized spacial score (nSPS) is 12.9. The van der Waals surface area contributed by atoms with Crippen LogP contribution < -0.4 is 14.8 Å². The Balaban J connectivity index is 1.48. The zero-order chi connectivity index (χ0) is 22.8. The van der Waals surface area contributed by atoms with E-state index >= 15 is 0 Å². The zero-order valence-corrected chi connectivity index (χ0v) is 19.5. The Morgan fingerprint density at radius 2 is 1.85 bits per heavy atom. The predicted octanol–water partition coefficient (Wildman–Crippen LogP) is 5.57. The van der Waals surface area contributed by atoms with Gasteiger partial charge in [0.15, 0.2) is 12.4 Å². The van der Waals surface area contributed by atoms with Crippen molar-refractivity contribution in [3.63, 3.8) is 0 Å². The average molecular weight is 460 g/mol. The van der Waals surface area contributed by atoms with Gasteiger partial charge in [0, 0.05) is 16.1 Å². The molecule has 0 aliphatic heterocycles. The maximum absolute atomic E-state index is 12.6. The highest BCUT2D eigenvalue weighted by Gasteiger charge is 2.23. The number of nitrogens with one attached hydrogen (secondary N) is 1. The van der Waals surface area contributed by atoms with Crippen LogP contribution in [0.25, 0.3) is 21.6 Å². The Morgan fingerprint density at radius 3 is 2.64 bits per heavy atom. The van der Waals surface area contributed by atoms with Gasteiger partial charge in [0.05, 0.1) is 12.5 Å². The van der Waals surface area contributed by atoms with Crippen LogP contribution in [0.1, 0.15) is 28.8 Å². The SMILES string of the molecule is COc1ccc(-c2nc(OCC(=O)Nc3ccccc3C)c3c4c(sc3n2)CCCC4)cc1. The lowest BCUT2D eigenvalue weighted by Gasteiger charge is -2.13. The van der Waals surface area contributed by atoms with Crippen LogP contribution >= 0.6 is 11.3 Å². The molecule has 4 aromatic rings. The highest BCUT2D eigenvalue weighted by Crippen LogP contribution is 2.40. The summed E-state index contributed by atoms with van der Waals surface area (Å²) < 4.78 is 11.3. The first kappa shape index (κ1) is 21.4. The van der Waals surface area contributed by atoms with Crippen LogP contribution in [0.4, 0.5) is 5.69 Å². The monoisotopic (exact) mass is 459 g/mol. The Hall–Kier alpha value is -3.45. The second kappa shape index (κ2) is 9.19. The van der Waals surface area contributed by atoms with E-state index in [1.165, 1.54) is 16.9 Å². The van der Waals surface area contributed by atoms with Gasteiger partial charge in [0.25, 0.3) is 5.91 Å². The number of fused-ring (bicyclic) bond motifs is 3. The van der Waals surface area contributed by atoms with Gasteiger partial charge < -0.3 is 14.8 Å². The number of para-hydroxylation sites is 1. The number of hydrogen-bond donors (Lipinski definition) is 1.